The van der Waals surface area contributed by atoms with Gasteiger partial charge in [-0.2, -0.15) is 0 Å². The van der Waals surface area contributed by atoms with Crippen molar-refractivity contribution in [1.82, 2.24) is 0 Å². The van der Waals surface area contributed by atoms with Gasteiger partial charge in [-0.3, -0.25) is 0 Å². The first kappa shape index (κ1) is 13.1. The zero-order valence-electron chi connectivity index (χ0n) is 9.91. The molecule has 0 amide bonds. The molecule has 0 radical (unpaired) electrons. The Kier molecular flexibility index (Phi) is 4.00. The Bertz CT molecular complexity index is 518. The van der Waals surface area contributed by atoms with Crippen LogP contribution in [0.3, 0.4) is 0 Å². The van der Waals surface area contributed by atoms with Crippen molar-refractivity contribution < 1.29 is 4.74 Å². The van der Waals surface area contributed by atoms with E-state index in [4.69, 9.17) is 33.7 Å². The third kappa shape index (κ3) is 3.09. The van der Waals surface area contributed by atoms with Gasteiger partial charge in [0.1, 0.15) is 12.4 Å². The van der Waals surface area contributed by atoms with Crippen molar-refractivity contribution in [2.45, 2.75) is 13.5 Å². The maximum atomic E-state index is 6.06. The van der Waals surface area contributed by atoms with E-state index in [1.165, 1.54) is 0 Å². The van der Waals surface area contributed by atoms with Gasteiger partial charge in [-0.1, -0.05) is 29.3 Å². The highest BCUT2D eigenvalue weighted by atomic mass is 35.5. The van der Waals surface area contributed by atoms with E-state index in [9.17, 15) is 0 Å². The lowest BCUT2D eigenvalue weighted by Crippen LogP contribution is -1.98. The van der Waals surface area contributed by atoms with Gasteiger partial charge < -0.3 is 10.5 Å². The molecule has 2 nitrogen and oxygen atoms in total. The zero-order valence-corrected chi connectivity index (χ0v) is 11.4. The van der Waals surface area contributed by atoms with Crippen LogP contribution < -0.4 is 10.5 Å². The van der Waals surface area contributed by atoms with Crippen molar-refractivity contribution in [3.63, 3.8) is 0 Å². The topological polar surface area (TPSA) is 35.2 Å². The minimum atomic E-state index is 0.340. The van der Waals surface area contributed by atoms with E-state index in [2.05, 4.69) is 0 Å². The van der Waals surface area contributed by atoms with Crippen LogP contribution in [-0.4, -0.2) is 0 Å². The molecule has 4 heteroatoms. The van der Waals surface area contributed by atoms with Crippen LogP contribution in [-0.2, 0) is 6.61 Å². The van der Waals surface area contributed by atoms with Crippen molar-refractivity contribution in [2.75, 3.05) is 5.73 Å². The summed E-state index contributed by atoms with van der Waals surface area (Å²) < 4.78 is 5.67. The van der Waals surface area contributed by atoms with Gasteiger partial charge in [0.15, 0.2) is 0 Å². The first-order chi connectivity index (χ1) is 8.56. The largest absolute Gasteiger partial charge is 0.487 e. The van der Waals surface area contributed by atoms with Crippen LogP contribution in [0, 0.1) is 6.92 Å². The lowest BCUT2D eigenvalue weighted by atomic mass is 10.2. The second kappa shape index (κ2) is 5.51. The summed E-state index contributed by atoms with van der Waals surface area (Å²) in [6, 6.07) is 10.9. The number of rotatable bonds is 3. The van der Waals surface area contributed by atoms with E-state index in [1.54, 1.807) is 18.2 Å². The van der Waals surface area contributed by atoms with E-state index < -0.39 is 0 Å². The molecule has 94 valence electrons. The van der Waals surface area contributed by atoms with Crippen LogP contribution >= 0.6 is 23.2 Å². The normalized spacial score (nSPS) is 10.4. The van der Waals surface area contributed by atoms with Crippen LogP contribution in [0.25, 0.3) is 0 Å². The van der Waals surface area contributed by atoms with Crippen molar-refractivity contribution in [3.8, 4) is 5.75 Å². The number of hydrogen-bond donors (Lipinski definition) is 1. The standard InChI is InChI=1S/C14H13Cl2NO/c1-9-2-4-13(16)14(6-9)18-8-10-7-11(17)3-5-12(10)15/h2-7H,8,17H2,1H3. The zero-order chi connectivity index (χ0) is 13.1. The summed E-state index contributed by atoms with van der Waals surface area (Å²) >= 11 is 12.1. The molecule has 0 aliphatic heterocycles. The molecule has 0 fully saturated rings. The second-order valence-electron chi connectivity index (χ2n) is 4.07. The van der Waals surface area contributed by atoms with Crippen molar-refractivity contribution in [3.05, 3.63) is 57.6 Å². The summed E-state index contributed by atoms with van der Waals surface area (Å²) in [5, 5.41) is 1.22. The summed E-state index contributed by atoms with van der Waals surface area (Å²) in [5.41, 5.74) is 8.30. The Morgan fingerprint density at radius 1 is 1.06 bits per heavy atom. The molecule has 0 aliphatic carbocycles. The minimum absolute atomic E-state index is 0.340. The van der Waals surface area contributed by atoms with Gasteiger partial charge in [-0.05, 0) is 42.8 Å². The molecule has 2 aromatic carbocycles. The fraction of sp³-hybridized carbons (Fsp3) is 0.143. The Hall–Kier alpha value is -1.38. The quantitative estimate of drug-likeness (QED) is 0.843. The van der Waals surface area contributed by atoms with Crippen LogP contribution in [0.4, 0.5) is 5.69 Å². The molecule has 0 atom stereocenters. The maximum Gasteiger partial charge on any atom is 0.138 e. The Balaban J connectivity index is 2.16. The van der Waals surface area contributed by atoms with Crippen LogP contribution in [0.5, 0.6) is 5.75 Å². The third-order valence-electron chi connectivity index (χ3n) is 2.54. The van der Waals surface area contributed by atoms with Gasteiger partial charge >= 0.3 is 0 Å². The molecule has 0 spiro atoms. The predicted octanol–water partition coefficient (Wildman–Crippen LogP) is 4.46. The molecule has 0 bridgehead atoms. The van der Waals surface area contributed by atoms with Crippen LogP contribution in [0.2, 0.25) is 10.0 Å². The van der Waals surface area contributed by atoms with Gasteiger partial charge in [-0.25, -0.2) is 0 Å². The number of hydrogen-bond acceptors (Lipinski definition) is 2. The van der Waals surface area contributed by atoms with Crippen LogP contribution in [0.15, 0.2) is 36.4 Å². The molecule has 2 aromatic rings. The predicted molar refractivity (Wildman–Crippen MR) is 76.4 cm³/mol. The minimum Gasteiger partial charge on any atom is -0.487 e. The lowest BCUT2D eigenvalue weighted by Gasteiger charge is -2.10. The number of nitrogens with two attached hydrogens (primary N) is 1. The van der Waals surface area contributed by atoms with E-state index >= 15 is 0 Å². The highest BCUT2D eigenvalue weighted by molar-refractivity contribution is 6.32. The van der Waals surface area contributed by atoms with Crippen LogP contribution in [0.1, 0.15) is 11.1 Å². The third-order valence-corrected chi connectivity index (χ3v) is 3.22. The summed E-state index contributed by atoms with van der Waals surface area (Å²) in [6.45, 7) is 2.32. The first-order valence-electron chi connectivity index (χ1n) is 5.49. The van der Waals surface area contributed by atoms with E-state index in [1.807, 2.05) is 25.1 Å². The summed E-state index contributed by atoms with van der Waals surface area (Å²) in [6.07, 6.45) is 0. The van der Waals surface area contributed by atoms with Crippen molar-refractivity contribution in [2.24, 2.45) is 0 Å². The molecule has 0 aliphatic rings. The summed E-state index contributed by atoms with van der Waals surface area (Å²) in [4.78, 5) is 0. The fourth-order valence-electron chi connectivity index (χ4n) is 1.58. The Labute approximate surface area is 116 Å². The monoisotopic (exact) mass is 281 g/mol. The summed E-state index contributed by atoms with van der Waals surface area (Å²) in [7, 11) is 0. The average Bonchev–Trinajstić information content (AvgIpc) is 2.34. The molecule has 0 saturated heterocycles. The number of ether oxygens (including phenoxy) is 1. The second-order valence-corrected chi connectivity index (χ2v) is 4.89. The SMILES string of the molecule is Cc1ccc(Cl)c(OCc2cc(N)ccc2Cl)c1. The first-order valence-corrected chi connectivity index (χ1v) is 6.24. The summed E-state index contributed by atoms with van der Waals surface area (Å²) in [5.74, 6) is 0.648. The van der Waals surface area contributed by atoms with Crippen molar-refractivity contribution in [1.29, 1.82) is 0 Å². The lowest BCUT2D eigenvalue weighted by molar-refractivity contribution is 0.306. The average molecular weight is 282 g/mol. The smallest absolute Gasteiger partial charge is 0.138 e. The van der Waals surface area contributed by atoms with E-state index in [0.29, 0.717) is 28.1 Å². The molecule has 0 heterocycles. The molecule has 0 aromatic heterocycles. The van der Waals surface area contributed by atoms with E-state index in [0.717, 1.165) is 11.1 Å². The molecule has 0 unspecified atom stereocenters. The number of aryl methyl sites for hydroxylation is 1. The molecule has 0 saturated carbocycles. The molecular weight excluding hydrogens is 269 g/mol. The van der Waals surface area contributed by atoms with Gasteiger partial charge in [0.2, 0.25) is 0 Å². The molecule has 2 rings (SSSR count). The Morgan fingerprint density at radius 3 is 2.56 bits per heavy atom. The maximum absolute atomic E-state index is 6.06. The molecule has 18 heavy (non-hydrogen) atoms. The van der Waals surface area contributed by atoms with E-state index in [-0.39, 0.29) is 0 Å². The van der Waals surface area contributed by atoms with Gasteiger partial charge in [0.25, 0.3) is 0 Å². The number of nitrogen functional groups attached to an aromatic ring is 1. The number of benzene rings is 2. The highest BCUT2D eigenvalue weighted by Crippen LogP contribution is 2.27. The van der Waals surface area contributed by atoms with Gasteiger partial charge in [-0.15, -0.1) is 0 Å². The number of halogens is 2. The van der Waals surface area contributed by atoms with Gasteiger partial charge in [0.05, 0.1) is 5.02 Å². The fourth-order valence-corrected chi connectivity index (χ4v) is 1.93. The van der Waals surface area contributed by atoms with Gasteiger partial charge in [0, 0.05) is 16.3 Å². The molecule has 2 N–H and O–H groups in total. The highest BCUT2D eigenvalue weighted by Gasteiger charge is 2.05. The molecular formula is C14H13Cl2NO. The van der Waals surface area contributed by atoms with Crippen molar-refractivity contribution >= 4 is 28.9 Å². The Morgan fingerprint density at radius 2 is 1.78 bits per heavy atom. The number of anilines is 1.